The molecule has 0 radical (unpaired) electrons. The molecule has 0 aliphatic heterocycles. The quantitative estimate of drug-likeness (QED) is 0.796. The molecule has 0 aliphatic rings. The molecule has 2 aromatic rings. The molecule has 0 fully saturated rings. The first-order chi connectivity index (χ1) is 8.72. The van der Waals surface area contributed by atoms with Crippen LogP contribution in [0.4, 0.5) is 0 Å². The zero-order chi connectivity index (χ0) is 13.0. The fraction of sp³-hybridized carbons (Fsp3) is 0.312. The van der Waals surface area contributed by atoms with Crippen LogP contribution < -0.4 is 4.74 Å². The van der Waals surface area contributed by atoms with Crippen molar-refractivity contribution in [2.75, 3.05) is 6.61 Å². The molecule has 0 aromatic heterocycles. The van der Waals surface area contributed by atoms with Crippen LogP contribution in [0.15, 0.2) is 42.5 Å². The topological polar surface area (TPSA) is 26.3 Å². The summed E-state index contributed by atoms with van der Waals surface area (Å²) in [4.78, 5) is 11.8. The molecule has 0 heterocycles. The summed E-state index contributed by atoms with van der Waals surface area (Å²) in [7, 11) is 0. The number of hydrogen-bond donors (Lipinski definition) is 0. The van der Waals surface area contributed by atoms with Gasteiger partial charge in [0.25, 0.3) is 0 Å². The molecule has 2 rings (SSSR count). The maximum Gasteiger partial charge on any atom is 0.172 e. The number of hydrogen-bond acceptors (Lipinski definition) is 2. The predicted octanol–water partition coefficient (Wildman–Crippen LogP) is 3.83. The van der Waals surface area contributed by atoms with Crippen LogP contribution in [0.1, 0.15) is 20.3 Å². The highest BCUT2D eigenvalue weighted by atomic mass is 16.5. The molecule has 0 spiro atoms. The highest BCUT2D eigenvalue weighted by molar-refractivity contribution is 5.89. The lowest BCUT2D eigenvalue weighted by molar-refractivity contribution is -0.124. The van der Waals surface area contributed by atoms with Crippen LogP contribution in [0.25, 0.3) is 10.8 Å². The van der Waals surface area contributed by atoms with Crippen LogP contribution in [-0.4, -0.2) is 12.4 Å². The molecule has 94 valence electrons. The van der Waals surface area contributed by atoms with E-state index in [4.69, 9.17) is 4.74 Å². The van der Waals surface area contributed by atoms with Crippen LogP contribution in [0.2, 0.25) is 0 Å². The Morgan fingerprint density at radius 1 is 1.17 bits per heavy atom. The van der Waals surface area contributed by atoms with Gasteiger partial charge in [-0.3, -0.25) is 4.79 Å². The first-order valence-electron chi connectivity index (χ1n) is 6.35. The number of fused-ring (bicyclic) bond motifs is 1. The van der Waals surface area contributed by atoms with Gasteiger partial charge in [0.2, 0.25) is 0 Å². The van der Waals surface area contributed by atoms with Gasteiger partial charge >= 0.3 is 0 Å². The van der Waals surface area contributed by atoms with Crippen molar-refractivity contribution in [1.29, 1.82) is 0 Å². The minimum absolute atomic E-state index is 0.0694. The molecular formula is C16H18O2. The molecule has 0 saturated heterocycles. The van der Waals surface area contributed by atoms with E-state index in [0.717, 1.165) is 22.9 Å². The molecule has 2 heteroatoms. The third-order valence-electron chi connectivity index (χ3n) is 3.28. The van der Waals surface area contributed by atoms with Crippen LogP contribution in [0.5, 0.6) is 5.75 Å². The van der Waals surface area contributed by atoms with E-state index in [1.54, 1.807) is 0 Å². The van der Waals surface area contributed by atoms with Gasteiger partial charge in [-0.05, 0) is 17.9 Å². The van der Waals surface area contributed by atoms with Crippen molar-refractivity contribution in [1.82, 2.24) is 0 Å². The van der Waals surface area contributed by atoms with Gasteiger partial charge < -0.3 is 4.74 Å². The van der Waals surface area contributed by atoms with Crippen molar-refractivity contribution < 1.29 is 9.53 Å². The average Bonchev–Trinajstić information content (AvgIpc) is 2.43. The molecule has 0 aliphatic carbocycles. The van der Waals surface area contributed by atoms with Crippen molar-refractivity contribution >= 4 is 16.6 Å². The molecule has 0 amide bonds. The molecule has 0 bridgehead atoms. The number of carbonyl (C=O) groups is 1. The third-order valence-corrected chi connectivity index (χ3v) is 3.28. The summed E-state index contributed by atoms with van der Waals surface area (Å²) in [6.07, 6.45) is 0.859. The lowest BCUT2D eigenvalue weighted by atomic mass is 10.0. The maximum atomic E-state index is 11.8. The average molecular weight is 242 g/mol. The van der Waals surface area contributed by atoms with Gasteiger partial charge in [0, 0.05) is 11.3 Å². The number of ketones is 1. The first kappa shape index (κ1) is 12.6. The van der Waals surface area contributed by atoms with Gasteiger partial charge in [-0.2, -0.15) is 0 Å². The second-order valence-corrected chi connectivity index (χ2v) is 4.54. The Balaban J connectivity index is 2.15. The van der Waals surface area contributed by atoms with Gasteiger partial charge in [-0.15, -0.1) is 0 Å². The van der Waals surface area contributed by atoms with Crippen LogP contribution in [-0.2, 0) is 4.79 Å². The summed E-state index contributed by atoms with van der Waals surface area (Å²) in [5.41, 5.74) is 0. The Morgan fingerprint density at radius 2 is 1.89 bits per heavy atom. The summed E-state index contributed by atoms with van der Waals surface area (Å²) < 4.78 is 5.65. The van der Waals surface area contributed by atoms with E-state index in [0.29, 0.717) is 0 Å². The Kier molecular flexibility index (Phi) is 3.98. The zero-order valence-electron chi connectivity index (χ0n) is 10.8. The molecule has 18 heavy (non-hydrogen) atoms. The molecular weight excluding hydrogens is 224 g/mol. The fourth-order valence-corrected chi connectivity index (χ4v) is 1.84. The predicted molar refractivity (Wildman–Crippen MR) is 73.9 cm³/mol. The molecule has 0 N–H and O–H groups in total. The van der Waals surface area contributed by atoms with Crippen LogP contribution >= 0.6 is 0 Å². The number of ether oxygens (including phenoxy) is 1. The van der Waals surface area contributed by atoms with Crippen LogP contribution in [0.3, 0.4) is 0 Å². The van der Waals surface area contributed by atoms with E-state index in [-0.39, 0.29) is 18.3 Å². The second kappa shape index (κ2) is 5.67. The number of rotatable bonds is 5. The number of carbonyl (C=O) groups excluding carboxylic acids is 1. The first-order valence-corrected chi connectivity index (χ1v) is 6.35. The molecule has 1 unspecified atom stereocenters. The Bertz CT molecular complexity index is 540. The summed E-state index contributed by atoms with van der Waals surface area (Å²) in [5, 5.41) is 2.18. The summed E-state index contributed by atoms with van der Waals surface area (Å²) in [6.45, 7) is 4.11. The molecule has 0 saturated carbocycles. The van der Waals surface area contributed by atoms with Gasteiger partial charge in [0.05, 0.1) is 0 Å². The monoisotopic (exact) mass is 242 g/mol. The van der Waals surface area contributed by atoms with Gasteiger partial charge in [-0.1, -0.05) is 50.2 Å². The highest BCUT2D eigenvalue weighted by Gasteiger charge is 2.11. The minimum atomic E-state index is 0.0694. The van der Waals surface area contributed by atoms with E-state index >= 15 is 0 Å². The summed E-state index contributed by atoms with van der Waals surface area (Å²) in [5.74, 6) is 1.01. The van der Waals surface area contributed by atoms with Gasteiger partial charge in [0.15, 0.2) is 5.78 Å². The van der Waals surface area contributed by atoms with E-state index in [1.807, 2.05) is 56.3 Å². The molecule has 2 aromatic carbocycles. The molecule has 2 nitrogen and oxygen atoms in total. The van der Waals surface area contributed by atoms with Crippen molar-refractivity contribution in [3.63, 3.8) is 0 Å². The van der Waals surface area contributed by atoms with Crippen molar-refractivity contribution in [2.24, 2.45) is 5.92 Å². The lowest BCUT2D eigenvalue weighted by Gasteiger charge is -2.11. The summed E-state index contributed by atoms with van der Waals surface area (Å²) in [6, 6.07) is 13.9. The number of benzene rings is 2. The van der Waals surface area contributed by atoms with Crippen molar-refractivity contribution in [3.05, 3.63) is 42.5 Å². The van der Waals surface area contributed by atoms with E-state index in [2.05, 4.69) is 0 Å². The highest BCUT2D eigenvalue weighted by Crippen LogP contribution is 2.25. The number of Topliss-reactive ketones (excluding diaryl/α,β-unsaturated/α-hetero) is 1. The minimum Gasteiger partial charge on any atom is -0.485 e. The van der Waals surface area contributed by atoms with Gasteiger partial charge in [0.1, 0.15) is 12.4 Å². The van der Waals surface area contributed by atoms with Gasteiger partial charge in [-0.25, -0.2) is 0 Å². The lowest BCUT2D eigenvalue weighted by Crippen LogP contribution is -2.18. The summed E-state index contributed by atoms with van der Waals surface area (Å²) >= 11 is 0. The second-order valence-electron chi connectivity index (χ2n) is 4.54. The Morgan fingerprint density at radius 3 is 2.67 bits per heavy atom. The van der Waals surface area contributed by atoms with Crippen LogP contribution in [0, 0.1) is 5.92 Å². The maximum absolute atomic E-state index is 11.8. The van der Waals surface area contributed by atoms with E-state index in [1.165, 1.54) is 0 Å². The normalized spacial score (nSPS) is 12.3. The van der Waals surface area contributed by atoms with Crippen molar-refractivity contribution in [2.45, 2.75) is 20.3 Å². The Labute approximate surface area is 108 Å². The molecule has 1 atom stereocenters. The Hall–Kier alpha value is -1.83. The third kappa shape index (κ3) is 2.70. The zero-order valence-corrected chi connectivity index (χ0v) is 10.8. The van der Waals surface area contributed by atoms with E-state index in [9.17, 15) is 4.79 Å². The SMILES string of the molecule is CCC(C)C(=O)COc1cccc2ccccc12. The largest absolute Gasteiger partial charge is 0.485 e. The van der Waals surface area contributed by atoms with E-state index < -0.39 is 0 Å². The smallest absolute Gasteiger partial charge is 0.172 e. The van der Waals surface area contributed by atoms with Crippen molar-refractivity contribution in [3.8, 4) is 5.75 Å². The standard InChI is InChI=1S/C16H18O2/c1-3-12(2)15(17)11-18-16-10-6-8-13-7-4-5-9-14(13)16/h4-10,12H,3,11H2,1-2H3. The fourth-order valence-electron chi connectivity index (χ4n) is 1.84.